The van der Waals surface area contributed by atoms with Crippen LogP contribution in [0.3, 0.4) is 0 Å². The van der Waals surface area contributed by atoms with Gasteiger partial charge in [0.05, 0.1) is 25.4 Å². The summed E-state index contributed by atoms with van der Waals surface area (Å²) in [6, 6.07) is 12.1. The second-order valence-corrected chi connectivity index (χ2v) is 5.78. The van der Waals surface area contributed by atoms with Gasteiger partial charge in [0.15, 0.2) is 0 Å². The van der Waals surface area contributed by atoms with Gasteiger partial charge in [-0.2, -0.15) is 0 Å². The minimum Gasteiger partial charge on any atom is -0.390 e. The third kappa shape index (κ3) is 2.85. The molecular formula is C17H18N6O. The maximum absolute atomic E-state index is 9.39. The number of nitrogens with zero attached hydrogens (tertiary/aromatic N) is 6. The van der Waals surface area contributed by atoms with Crippen molar-refractivity contribution in [2.24, 2.45) is 0 Å². The van der Waals surface area contributed by atoms with E-state index in [0.717, 1.165) is 30.4 Å². The maximum atomic E-state index is 9.39. The maximum Gasteiger partial charge on any atom is 0.135 e. The number of anilines is 1. The number of aromatic nitrogens is 5. The number of fused-ring (bicyclic) bond motifs is 1. The molecule has 1 aromatic carbocycles. The van der Waals surface area contributed by atoms with E-state index in [4.69, 9.17) is 4.98 Å². The topological polar surface area (TPSA) is 80.0 Å². The fourth-order valence-electron chi connectivity index (χ4n) is 2.94. The van der Waals surface area contributed by atoms with E-state index in [-0.39, 0.29) is 6.61 Å². The summed E-state index contributed by atoms with van der Waals surface area (Å²) in [5.41, 5.74) is 2.78. The Morgan fingerprint density at radius 1 is 1.08 bits per heavy atom. The highest BCUT2D eigenvalue weighted by Gasteiger charge is 2.22. The molecule has 3 heterocycles. The lowest BCUT2D eigenvalue weighted by Gasteiger charge is -2.28. The molecule has 0 saturated heterocycles. The van der Waals surface area contributed by atoms with E-state index >= 15 is 0 Å². The van der Waals surface area contributed by atoms with Gasteiger partial charge in [0, 0.05) is 19.2 Å². The van der Waals surface area contributed by atoms with Crippen molar-refractivity contribution in [1.29, 1.82) is 0 Å². The molecule has 0 aliphatic carbocycles. The molecule has 0 atom stereocenters. The van der Waals surface area contributed by atoms with Crippen LogP contribution in [0.5, 0.6) is 0 Å². The molecule has 0 amide bonds. The van der Waals surface area contributed by atoms with Gasteiger partial charge in [-0.05, 0) is 11.6 Å². The highest BCUT2D eigenvalue weighted by Crippen LogP contribution is 2.20. The lowest BCUT2D eigenvalue weighted by Crippen LogP contribution is -2.35. The Morgan fingerprint density at radius 3 is 2.79 bits per heavy atom. The third-order valence-corrected chi connectivity index (χ3v) is 4.21. The van der Waals surface area contributed by atoms with Crippen LogP contribution in [0, 0.1) is 0 Å². The van der Waals surface area contributed by atoms with Gasteiger partial charge < -0.3 is 10.0 Å². The SMILES string of the molecule is OCc1nnn2c1CN(c1ccnc(Cc3ccccc3)n1)CC2. The first-order valence-electron chi connectivity index (χ1n) is 7.96. The van der Waals surface area contributed by atoms with E-state index in [0.29, 0.717) is 18.7 Å². The summed E-state index contributed by atoms with van der Waals surface area (Å²) in [5.74, 6) is 1.70. The van der Waals surface area contributed by atoms with Crippen LogP contribution in [-0.2, 0) is 26.1 Å². The number of aliphatic hydroxyl groups is 1. The average Bonchev–Trinajstić information content (AvgIpc) is 3.05. The summed E-state index contributed by atoms with van der Waals surface area (Å²) in [6.45, 7) is 2.10. The summed E-state index contributed by atoms with van der Waals surface area (Å²) in [6.07, 6.45) is 2.52. The van der Waals surface area contributed by atoms with Gasteiger partial charge in [0.25, 0.3) is 0 Å². The van der Waals surface area contributed by atoms with Crippen LogP contribution in [-0.4, -0.2) is 36.6 Å². The fraction of sp³-hybridized carbons (Fsp3) is 0.294. The Bertz CT molecular complexity index is 819. The zero-order valence-electron chi connectivity index (χ0n) is 13.2. The van der Waals surface area contributed by atoms with E-state index in [1.54, 1.807) is 6.20 Å². The van der Waals surface area contributed by atoms with Gasteiger partial charge in [0.1, 0.15) is 17.3 Å². The standard InChI is InChI=1S/C17H18N6O/c24-12-14-15-11-22(8-9-23(15)21-20-14)17-6-7-18-16(19-17)10-13-4-2-1-3-5-13/h1-7,24H,8-12H2. The van der Waals surface area contributed by atoms with Crippen molar-refractivity contribution in [2.75, 3.05) is 11.4 Å². The molecule has 3 aromatic rings. The normalized spacial score (nSPS) is 13.8. The lowest BCUT2D eigenvalue weighted by atomic mass is 10.1. The largest absolute Gasteiger partial charge is 0.390 e. The van der Waals surface area contributed by atoms with Crippen molar-refractivity contribution in [3.05, 3.63) is 65.4 Å². The lowest BCUT2D eigenvalue weighted by molar-refractivity contribution is 0.275. The molecule has 0 unspecified atom stereocenters. The third-order valence-electron chi connectivity index (χ3n) is 4.21. The van der Waals surface area contributed by atoms with Crippen molar-refractivity contribution in [3.63, 3.8) is 0 Å². The van der Waals surface area contributed by atoms with Crippen molar-refractivity contribution in [2.45, 2.75) is 26.1 Å². The molecule has 0 fully saturated rings. The Labute approximate surface area is 139 Å². The molecule has 0 spiro atoms. The summed E-state index contributed by atoms with van der Waals surface area (Å²) in [4.78, 5) is 11.3. The molecular weight excluding hydrogens is 304 g/mol. The molecule has 0 radical (unpaired) electrons. The van der Waals surface area contributed by atoms with Crippen LogP contribution in [0.1, 0.15) is 22.8 Å². The molecule has 2 aromatic heterocycles. The number of hydrogen-bond acceptors (Lipinski definition) is 6. The zero-order chi connectivity index (χ0) is 16.4. The van der Waals surface area contributed by atoms with Crippen LogP contribution in [0.4, 0.5) is 5.82 Å². The molecule has 1 aliphatic heterocycles. The van der Waals surface area contributed by atoms with Crippen LogP contribution in [0.15, 0.2) is 42.6 Å². The molecule has 0 saturated carbocycles. The Balaban J connectivity index is 1.56. The van der Waals surface area contributed by atoms with Gasteiger partial charge >= 0.3 is 0 Å². The van der Waals surface area contributed by atoms with Gasteiger partial charge in [-0.25, -0.2) is 14.6 Å². The van der Waals surface area contributed by atoms with Crippen LogP contribution >= 0.6 is 0 Å². The van der Waals surface area contributed by atoms with E-state index in [2.05, 4.69) is 32.3 Å². The quantitative estimate of drug-likeness (QED) is 0.777. The number of benzene rings is 1. The first-order chi connectivity index (χ1) is 11.8. The van der Waals surface area contributed by atoms with Gasteiger partial charge in [-0.3, -0.25) is 0 Å². The van der Waals surface area contributed by atoms with Crippen molar-refractivity contribution in [3.8, 4) is 0 Å². The summed E-state index contributed by atoms with van der Waals surface area (Å²) in [5, 5.41) is 17.5. The summed E-state index contributed by atoms with van der Waals surface area (Å²) >= 11 is 0. The predicted octanol–water partition coefficient (Wildman–Crippen LogP) is 1.17. The van der Waals surface area contributed by atoms with E-state index in [1.165, 1.54) is 5.56 Å². The summed E-state index contributed by atoms with van der Waals surface area (Å²) in [7, 11) is 0. The average molecular weight is 322 g/mol. The fourth-order valence-corrected chi connectivity index (χ4v) is 2.94. The highest BCUT2D eigenvalue weighted by molar-refractivity contribution is 5.40. The molecule has 24 heavy (non-hydrogen) atoms. The molecule has 1 N–H and O–H groups in total. The van der Waals surface area contributed by atoms with Crippen molar-refractivity contribution >= 4 is 5.82 Å². The van der Waals surface area contributed by atoms with Gasteiger partial charge in [0.2, 0.25) is 0 Å². The Kier molecular flexibility index (Phi) is 3.92. The monoisotopic (exact) mass is 322 g/mol. The second-order valence-electron chi connectivity index (χ2n) is 5.78. The second kappa shape index (κ2) is 6.37. The Morgan fingerprint density at radius 2 is 1.96 bits per heavy atom. The smallest absolute Gasteiger partial charge is 0.135 e. The molecule has 0 bridgehead atoms. The minimum absolute atomic E-state index is 0.0911. The Hall–Kier alpha value is -2.80. The first-order valence-corrected chi connectivity index (χ1v) is 7.96. The van der Waals surface area contributed by atoms with Crippen LogP contribution in [0.2, 0.25) is 0 Å². The van der Waals surface area contributed by atoms with Gasteiger partial charge in [-0.15, -0.1) is 5.10 Å². The minimum atomic E-state index is -0.0911. The number of rotatable bonds is 4. The van der Waals surface area contributed by atoms with Gasteiger partial charge in [-0.1, -0.05) is 35.5 Å². The van der Waals surface area contributed by atoms with Crippen molar-refractivity contribution in [1.82, 2.24) is 25.0 Å². The molecule has 7 heteroatoms. The molecule has 122 valence electrons. The summed E-state index contributed by atoms with van der Waals surface area (Å²) < 4.78 is 1.86. The number of aliphatic hydroxyl groups excluding tert-OH is 1. The molecule has 1 aliphatic rings. The van der Waals surface area contributed by atoms with Crippen LogP contribution in [0.25, 0.3) is 0 Å². The predicted molar refractivity (Wildman–Crippen MR) is 88.3 cm³/mol. The van der Waals surface area contributed by atoms with E-state index in [9.17, 15) is 5.11 Å². The number of hydrogen-bond donors (Lipinski definition) is 1. The first kappa shape index (κ1) is 14.8. The molecule has 4 rings (SSSR count). The van der Waals surface area contributed by atoms with Crippen molar-refractivity contribution < 1.29 is 5.11 Å². The zero-order valence-corrected chi connectivity index (χ0v) is 13.2. The van der Waals surface area contributed by atoms with Crippen LogP contribution < -0.4 is 4.90 Å². The molecule has 7 nitrogen and oxygen atoms in total. The van der Waals surface area contributed by atoms with E-state index < -0.39 is 0 Å². The van der Waals surface area contributed by atoms with E-state index in [1.807, 2.05) is 28.9 Å². The highest BCUT2D eigenvalue weighted by atomic mass is 16.3.